The van der Waals surface area contributed by atoms with Gasteiger partial charge in [-0.05, 0) is 62.2 Å². The third-order valence-electron chi connectivity index (χ3n) is 10.9. The second kappa shape index (κ2) is 31.7. The number of likely N-dealkylation sites (tertiary alicyclic amines) is 1. The van der Waals surface area contributed by atoms with Crippen molar-refractivity contribution in [3.63, 3.8) is 0 Å². The van der Waals surface area contributed by atoms with Crippen molar-refractivity contribution in [2.24, 2.45) is 23.7 Å². The van der Waals surface area contributed by atoms with Crippen LogP contribution in [0.15, 0.2) is 12.2 Å². The van der Waals surface area contributed by atoms with Crippen LogP contribution in [0.4, 0.5) is 0 Å². The average Bonchev–Trinajstić information content (AvgIpc) is 3.69. The molecule has 4 rings (SSSR count). The van der Waals surface area contributed by atoms with E-state index >= 15 is 0 Å². The summed E-state index contributed by atoms with van der Waals surface area (Å²) in [7, 11) is 3.24. The number of aliphatic hydroxyl groups is 2. The molecule has 332 valence electrons. The fourth-order valence-corrected chi connectivity index (χ4v) is 8.72. The third-order valence-corrected chi connectivity index (χ3v) is 12.2. The lowest BCUT2D eigenvalue weighted by Crippen LogP contribution is -2.37. The summed E-state index contributed by atoms with van der Waals surface area (Å²) in [5, 5.41) is 16.4. The highest BCUT2D eigenvalue weighted by Crippen LogP contribution is 2.35. The van der Waals surface area contributed by atoms with Gasteiger partial charge in [-0.3, -0.25) is 38.6 Å². The molecule has 5 atom stereocenters. The predicted molar refractivity (Wildman–Crippen MR) is 225 cm³/mol. The summed E-state index contributed by atoms with van der Waals surface area (Å²) in [6.45, 7) is 4.27. The fraction of sp³-hybridized carbons (Fsp3) is 0.810. The number of ketones is 2. The van der Waals surface area contributed by atoms with Gasteiger partial charge in [-0.15, -0.1) is 11.8 Å². The lowest BCUT2D eigenvalue weighted by molar-refractivity contribution is -0.140. The quantitative estimate of drug-likeness (QED) is 0.0643. The van der Waals surface area contributed by atoms with Crippen LogP contribution >= 0.6 is 24.4 Å². The van der Waals surface area contributed by atoms with Crippen molar-refractivity contribution in [2.45, 2.75) is 102 Å². The minimum Gasteiger partial charge on any atom is -0.396 e. The van der Waals surface area contributed by atoms with Gasteiger partial charge in [0, 0.05) is 83.1 Å². The van der Waals surface area contributed by atoms with Crippen molar-refractivity contribution < 1.29 is 57.9 Å². The molecule has 1 saturated heterocycles. The van der Waals surface area contributed by atoms with Gasteiger partial charge >= 0.3 is 0 Å². The number of Topliss-reactive ketones (excluding diaryl/α,β-unsaturated/α-hetero) is 2. The van der Waals surface area contributed by atoms with Crippen LogP contribution in [0.3, 0.4) is 0 Å². The summed E-state index contributed by atoms with van der Waals surface area (Å²) in [4.78, 5) is 74.9. The lowest BCUT2D eigenvalue weighted by atomic mass is 9.78. The number of imide groups is 2. The normalized spacial score (nSPS) is 23.2. The van der Waals surface area contributed by atoms with Gasteiger partial charge in [0.25, 0.3) is 11.8 Å². The van der Waals surface area contributed by atoms with Crippen LogP contribution in [0.2, 0.25) is 0 Å². The molecule has 0 aromatic rings. The molecule has 0 spiro atoms. The molecule has 2 aliphatic carbocycles. The summed E-state index contributed by atoms with van der Waals surface area (Å²) < 4.78 is 20.5. The Hall–Kier alpha value is -2.18. The largest absolute Gasteiger partial charge is 0.396 e. The first kappa shape index (κ1) is 52.0. The number of rotatable bonds is 26. The van der Waals surface area contributed by atoms with E-state index in [0.717, 1.165) is 64.2 Å². The van der Waals surface area contributed by atoms with Crippen LogP contribution in [-0.4, -0.2) is 152 Å². The van der Waals surface area contributed by atoms with Crippen molar-refractivity contribution in [3.05, 3.63) is 12.2 Å². The maximum Gasteiger partial charge on any atom is 0.253 e. The molecule has 16 heteroatoms. The Labute approximate surface area is 355 Å². The first-order valence-corrected chi connectivity index (χ1v) is 22.7. The standard InChI is InChI=1S/C21H35NO6S.C19H29NO5.C2H6OS/c1-27-10-11-28-9-7-18(24)6-5-16-3-2-4-17(13-16)15-22-20(25)14-19(21(22)26)29-12-8-23;1-24-11-12-25-10-9-17(21)6-5-15-3-2-4-16(13-15)14-20-18(22)7-8-19(20)23;3-1-2-4/h16-17,19,23H,2-15H2,1H3;7-8,15-16H,2-6,9-14H2,1H3;3-4H,1-2H2. The smallest absolute Gasteiger partial charge is 0.253 e. The van der Waals surface area contributed by atoms with E-state index in [1.54, 1.807) is 14.2 Å². The van der Waals surface area contributed by atoms with Gasteiger partial charge in [-0.2, -0.15) is 12.6 Å². The molecule has 4 aliphatic rings. The molecule has 58 heavy (non-hydrogen) atoms. The Kier molecular flexibility index (Phi) is 28.4. The van der Waals surface area contributed by atoms with Gasteiger partial charge in [-0.1, -0.05) is 25.7 Å². The van der Waals surface area contributed by atoms with E-state index in [1.165, 1.54) is 33.7 Å². The predicted octanol–water partition coefficient (Wildman–Crippen LogP) is 4.08. The zero-order chi connectivity index (χ0) is 42.5. The minimum atomic E-state index is -0.335. The van der Waals surface area contributed by atoms with E-state index < -0.39 is 0 Å². The van der Waals surface area contributed by atoms with Gasteiger partial charge in [0.15, 0.2) is 0 Å². The molecule has 2 N–H and O–H groups in total. The highest BCUT2D eigenvalue weighted by atomic mass is 32.2. The summed E-state index contributed by atoms with van der Waals surface area (Å²) in [5.74, 6) is 2.63. The first-order chi connectivity index (χ1) is 28.1. The van der Waals surface area contributed by atoms with E-state index in [9.17, 15) is 28.8 Å². The Morgan fingerprint density at radius 1 is 0.690 bits per heavy atom. The zero-order valence-corrected chi connectivity index (χ0v) is 36.6. The van der Waals surface area contributed by atoms with Crippen molar-refractivity contribution in [1.29, 1.82) is 0 Å². The molecule has 2 heterocycles. The van der Waals surface area contributed by atoms with Crippen LogP contribution in [0.5, 0.6) is 0 Å². The number of amides is 4. The topological polar surface area (TPSA) is 186 Å². The number of methoxy groups -OCH3 is 2. The number of hydrogen-bond donors (Lipinski definition) is 3. The van der Waals surface area contributed by atoms with E-state index in [1.807, 2.05) is 0 Å². The number of carbonyl (C=O) groups excluding carboxylic acids is 6. The van der Waals surface area contributed by atoms with Crippen molar-refractivity contribution in [3.8, 4) is 0 Å². The number of nitrogens with zero attached hydrogens (tertiary/aromatic N) is 2. The molecule has 0 bridgehead atoms. The number of hydrogen-bond acceptors (Lipinski definition) is 14. The van der Waals surface area contributed by atoms with Crippen LogP contribution in [0, 0.1) is 23.7 Å². The Bertz CT molecular complexity index is 1250. The second-order valence-electron chi connectivity index (χ2n) is 15.4. The molecule has 0 aromatic heterocycles. The molecule has 3 fully saturated rings. The Balaban J connectivity index is 0.000000369. The van der Waals surface area contributed by atoms with E-state index in [4.69, 9.17) is 29.2 Å². The SMILES string of the molecule is COCCOCCC(=O)CCC1CCCC(CN2C(=O)C=CC2=O)C1.COCCOCCC(=O)CCC1CCCC(CN2C(=O)CC(SCCO)C2=O)C1.OCCS. The van der Waals surface area contributed by atoms with Gasteiger partial charge in [0.2, 0.25) is 11.8 Å². The fourth-order valence-electron chi connectivity index (χ4n) is 7.80. The molecule has 2 aliphatic heterocycles. The molecule has 4 amide bonds. The van der Waals surface area contributed by atoms with Crippen molar-refractivity contribution in [1.82, 2.24) is 9.80 Å². The highest BCUT2D eigenvalue weighted by molar-refractivity contribution is 8.00. The van der Waals surface area contributed by atoms with Gasteiger partial charge in [0.05, 0.1) is 58.1 Å². The van der Waals surface area contributed by atoms with Gasteiger partial charge in [-0.25, -0.2) is 0 Å². The summed E-state index contributed by atoms with van der Waals surface area (Å²) in [5.41, 5.74) is 0. The third kappa shape index (κ3) is 21.4. The van der Waals surface area contributed by atoms with Crippen LogP contribution < -0.4 is 0 Å². The van der Waals surface area contributed by atoms with Crippen LogP contribution in [0.1, 0.15) is 96.3 Å². The number of thiol groups is 1. The first-order valence-electron chi connectivity index (χ1n) is 21.0. The number of thioether (sulfide) groups is 1. The molecular formula is C42H70N2O12S2. The van der Waals surface area contributed by atoms with E-state index in [0.29, 0.717) is 114 Å². The minimum absolute atomic E-state index is 0.0188. The van der Waals surface area contributed by atoms with Crippen molar-refractivity contribution >= 4 is 59.6 Å². The van der Waals surface area contributed by atoms with Gasteiger partial charge < -0.3 is 29.2 Å². The van der Waals surface area contributed by atoms with Gasteiger partial charge in [0.1, 0.15) is 11.6 Å². The molecule has 14 nitrogen and oxygen atoms in total. The highest BCUT2D eigenvalue weighted by Gasteiger charge is 2.40. The zero-order valence-electron chi connectivity index (χ0n) is 34.9. The number of aliphatic hydroxyl groups excluding tert-OH is 2. The summed E-state index contributed by atoms with van der Waals surface area (Å²) >= 11 is 5.04. The maximum absolute atomic E-state index is 12.5. The molecule has 0 radical (unpaired) electrons. The Morgan fingerprint density at radius 2 is 1.16 bits per heavy atom. The number of carbonyl (C=O) groups is 6. The summed E-state index contributed by atoms with van der Waals surface area (Å²) in [6, 6.07) is 0. The number of ether oxygens (including phenoxy) is 4. The van der Waals surface area contributed by atoms with Crippen LogP contribution in [0.25, 0.3) is 0 Å². The molecule has 5 unspecified atom stereocenters. The van der Waals surface area contributed by atoms with E-state index in [2.05, 4.69) is 12.6 Å². The van der Waals surface area contributed by atoms with Crippen LogP contribution in [-0.2, 0) is 47.7 Å². The Morgan fingerprint density at radius 3 is 1.60 bits per heavy atom. The van der Waals surface area contributed by atoms with E-state index in [-0.39, 0.29) is 60.1 Å². The molecule has 0 aromatic carbocycles. The molecule has 2 saturated carbocycles. The average molecular weight is 859 g/mol. The molecular weight excluding hydrogens is 789 g/mol. The van der Waals surface area contributed by atoms with Crippen molar-refractivity contribution in [2.75, 3.05) is 91.7 Å². The second-order valence-corrected chi connectivity index (χ2v) is 17.1. The lowest BCUT2D eigenvalue weighted by Gasteiger charge is -2.31. The maximum atomic E-state index is 12.5. The summed E-state index contributed by atoms with van der Waals surface area (Å²) in [6.07, 6.45) is 15.3. The monoisotopic (exact) mass is 858 g/mol.